The first-order valence-corrected chi connectivity index (χ1v) is 13.5. The second-order valence-corrected chi connectivity index (χ2v) is 11.0. The van der Waals surface area contributed by atoms with Gasteiger partial charge in [-0.25, -0.2) is 4.79 Å². The molecule has 1 N–H and O–H groups in total. The van der Waals surface area contributed by atoms with Gasteiger partial charge in [0.15, 0.2) is 0 Å². The Morgan fingerprint density at radius 1 is 1.00 bits per heavy atom. The highest BCUT2D eigenvalue weighted by atomic mass is 16.6. The maximum atomic E-state index is 13.4. The van der Waals surface area contributed by atoms with E-state index in [2.05, 4.69) is 40.6 Å². The summed E-state index contributed by atoms with van der Waals surface area (Å²) in [5, 5.41) is 2.74. The third-order valence-corrected chi connectivity index (χ3v) is 6.79. The van der Waals surface area contributed by atoms with Crippen molar-refractivity contribution in [1.29, 1.82) is 0 Å². The van der Waals surface area contributed by atoms with Crippen LogP contribution in [0.1, 0.15) is 60.7 Å². The summed E-state index contributed by atoms with van der Waals surface area (Å²) in [6.07, 6.45) is 4.72. The number of fused-ring (bicyclic) bond motifs is 2. The zero-order valence-corrected chi connectivity index (χ0v) is 22.8. The minimum atomic E-state index is -0.550. The van der Waals surface area contributed by atoms with Crippen molar-refractivity contribution in [3.63, 3.8) is 0 Å². The molecule has 3 aromatic carbocycles. The van der Waals surface area contributed by atoms with E-state index in [-0.39, 0.29) is 5.91 Å². The number of hydrogen-bond acceptors (Lipinski definition) is 5. The molecule has 0 bridgehead atoms. The Kier molecular flexibility index (Phi) is 7.68. The van der Waals surface area contributed by atoms with Crippen molar-refractivity contribution in [1.82, 2.24) is 10.2 Å². The van der Waals surface area contributed by atoms with E-state index >= 15 is 0 Å². The molecule has 7 nitrogen and oxygen atoms in total. The molecular weight excluding hydrogens is 490 g/mol. The molecule has 202 valence electrons. The number of rotatable bonds is 4. The van der Waals surface area contributed by atoms with E-state index in [0.717, 1.165) is 53.0 Å². The SMILES string of the molecule is CC(C)(C)OC(=O)NCc1ccc(C(=O)N2CCOc3ccc(-c4ccc5c(c4)N=CCCC5)cc3C2)cc1. The van der Waals surface area contributed by atoms with E-state index in [1.807, 2.05) is 50.1 Å². The van der Waals surface area contributed by atoms with Crippen LogP contribution < -0.4 is 10.1 Å². The molecule has 5 rings (SSSR count). The van der Waals surface area contributed by atoms with Gasteiger partial charge in [-0.1, -0.05) is 30.3 Å². The maximum Gasteiger partial charge on any atom is 0.407 e. The quantitative estimate of drug-likeness (QED) is 0.424. The molecule has 2 amide bonds. The highest BCUT2D eigenvalue weighted by molar-refractivity contribution is 5.94. The third kappa shape index (κ3) is 6.66. The Hall–Kier alpha value is -4.13. The molecule has 0 spiro atoms. The lowest BCUT2D eigenvalue weighted by atomic mass is 9.98. The largest absolute Gasteiger partial charge is 0.491 e. The van der Waals surface area contributed by atoms with Crippen molar-refractivity contribution in [2.45, 2.75) is 58.7 Å². The molecule has 0 aliphatic carbocycles. The molecule has 0 unspecified atom stereocenters. The van der Waals surface area contributed by atoms with E-state index in [0.29, 0.717) is 31.8 Å². The molecule has 2 heterocycles. The molecule has 7 heteroatoms. The van der Waals surface area contributed by atoms with Crippen LogP contribution in [0.5, 0.6) is 5.75 Å². The Labute approximate surface area is 229 Å². The first kappa shape index (κ1) is 26.5. The van der Waals surface area contributed by atoms with Crippen molar-refractivity contribution < 1.29 is 19.1 Å². The Bertz CT molecular complexity index is 1390. The molecule has 39 heavy (non-hydrogen) atoms. The topological polar surface area (TPSA) is 80.2 Å². The zero-order chi connectivity index (χ0) is 27.4. The van der Waals surface area contributed by atoms with Crippen LogP contribution in [0.25, 0.3) is 11.1 Å². The van der Waals surface area contributed by atoms with Crippen molar-refractivity contribution >= 4 is 23.9 Å². The summed E-state index contributed by atoms with van der Waals surface area (Å²) in [4.78, 5) is 31.8. The molecule has 2 aliphatic rings. The minimum Gasteiger partial charge on any atom is -0.491 e. The van der Waals surface area contributed by atoms with E-state index < -0.39 is 11.7 Å². The summed E-state index contributed by atoms with van der Waals surface area (Å²) in [5.41, 5.74) is 6.42. The first-order valence-electron chi connectivity index (χ1n) is 13.5. The number of hydrogen-bond donors (Lipinski definition) is 1. The van der Waals surface area contributed by atoms with Crippen molar-refractivity contribution in [2.24, 2.45) is 4.99 Å². The molecular formula is C32H35N3O4. The van der Waals surface area contributed by atoms with Crippen molar-refractivity contribution in [3.05, 3.63) is 82.9 Å². The van der Waals surface area contributed by atoms with E-state index in [1.165, 1.54) is 5.56 Å². The number of alkyl carbamates (subject to hydrolysis) is 1. The predicted molar refractivity (Wildman–Crippen MR) is 153 cm³/mol. The number of carbonyl (C=O) groups excluding carboxylic acids is 2. The lowest BCUT2D eigenvalue weighted by Crippen LogP contribution is -2.32. The molecule has 0 aromatic heterocycles. The molecule has 2 aliphatic heterocycles. The van der Waals surface area contributed by atoms with Gasteiger partial charge in [0.25, 0.3) is 5.91 Å². The average Bonchev–Trinajstić information content (AvgIpc) is 3.28. The Morgan fingerprint density at radius 2 is 1.77 bits per heavy atom. The number of amides is 2. The van der Waals surface area contributed by atoms with Gasteiger partial charge in [0.05, 0.1) is 12.2 Å². The summed E-state index contributed by atoms with van der Waals surface area (Å²) in [5.74, 6) is 0.758. The van der Waals surface area contributed by atoms with Gasteiger partial charge < -0.3 is 19.7 Å². The van der Waals surface area contributed by atoms with Crippen molar-refractivity contribution in [2.75, 3.05) is 13.2 Å². The van der Waals surface area contributed by atoms with Crippen LogP contribution in [0.3, 0.4) is 0 Å². The molecule has 0 radical (unpaired) electrons. The van der Waals surface area contributed by atoms with Gasteiger partial charge in [-0.15, -0.1) is 0 Å². The number of aryl methyl sites for hydroxylation is 1. The van der Waals surface area contributed by atoms with E-state index in [9.17, 15) is 9.59 Å². The van der Waals surface area contributed by atoms with Gasteiger partial charge in [-0.2, -0.15) is 0 Å². The minimum absolute atomic E-state index is 0.0529. The van der Waals surface area contributed by atoms with Gasteiger partial charge in [0.1, 0.15) is 18.0 Å². The summed E-state index contributed by atoms with van der Waals surface area (Å²) in [6, 6.07) is 20.0. The van der Waals surface area contributed by atoms with Crippen LogP contribution in [0, 0.1) is 0 Å². The number of carbonyl (C=O) groups is 2. The highest BCUT2D eigenvalue weighted by Gasteiger charge is 2.22. The summed E-state index contributed by atoms with van der Waals surface area (Å²) in [6.45, 7) is 7.19. The second-order valence-electron chi connectivity index (χ2n) is 11.0. The van der Waals surface area contributed by atoms with E-state index in [1.54, 1.807) is 12.1 Å². The smallest absolute Gasteiger partial charge is 0.407 e. The third-order valence-electron chi connectivity index (χ3n) is 6.79. The van der Waals surface area contributed by atoms with Crippen LogP contribution in [0.4, 0.5) is 10.5 Å². The van der Waals surface area contributed by atoms with Crippen LogP contribution in [-0.2, 0) is 24.2 Å². The first-order chi connectivity index (χ1) is 18.7. The fourth-order valence-corrected chi connectivity index (χ4v) is 4.81. The lowest BCUT2D eigenvalue weighted by Gasteiger charge is -2.21. The van der Waals surface area contributed by atoms with Crippen LogP contribution >= 0.6 is 0 Å². The average molecular weight is 526 g/mol. The number of nitrogens with one attached hydrogen (secondary N) is 1. The Morgan fingerprint density at radius 3 is 2.56 bits per heavy atom. The lowest BCUT2D eigenvalue weighted by molar-refractivity contribution is 0.0523. The summed E-state index contributed by atoms with van der Waals surface area (Å²) >= 11 is 0. The van der Waals surface area contributed by atoms with Crippen molar-refractivity contribution in [3.8, 4) is 16.9 Å². The standard InChI is InChI=1S/C32H35N3O4/c1-32(2,3)39-31(37)34-20-22-7-9-24(10-8-22)30(36)35-16-17-38-29-14-13-25(18-27(29)21-35)26-12-11-23-6-4-5-15-33-28(23)19-26/h7-15,18-19H,4-6,16-17,20-21H2,1-3H3,(H,34,37). The summed E-state index contributed by atoms with van der Waals surface area (Å²) in [7, 11) is 0. The van der Waals surface area contributed by atoms with Crippen LogP contribution in [0.15, 0.2) is 65.7 Å². The van der Waals surface area contributed by atoms with Gasteiger partial charge in [-0.3, -0.25) is 9.79 Å². The van der Waals surface area contributed by atoms with Gasteiger partial charge >= 0.3 is 6.09 Å². The number of ether oxygens (including phenoxy) is 2. The Balaban J connectivity index is 1.28. The number of nitrogens with zero attached hydrogens (tertiary/aromatic N) is 2. The fraction of sp³-hybridized carbons (Fsp3) is 0.344. The van der Waals surface area contributed by atoms with Crippen LogP contribution in [-0.4, -0.2) is 41.9 Å². The molecule has 0 atom stereocenters. The molecule has 0 saturated carbocycles. The van der Waals surface area contributed by atoms with Crippen LogP contribution in [0.2, 0.25) is 0 Å². The zero-order valence-electron chi connectivity index (χ0n) is 22.8. The molecule has 0 saturated heterocycles. The monoisotopic (exact) mass is 525 g/mol. The predicted octanol–water partition coefficient (Wildman–Crippen LogP) is 6.45. The maximum absolute atomic E-state index is 13.4. The molecule has 0 fully saturated rings. The number of aliphatic imine (C=N–C) groups is 1. The van der Waals surface area contributed by atoms with E-state index in [4.69, 9.17) is 9.47 Å². The normalized spacial score (nSPS) is 14.8. The van der Waals surface area contributed by atoms with Gasteiger partial charge in [0, 0.05) is 30.4 Å². The number of benzene rings is 3. The van der Waals surface area contributed by atoms with Gasteiger partial charge in [0.2, 0.25) is 0 Å². The van der Waals surface area contributed by atoms with Gasteiger partial charge in [-0.05, 0) is 92.6 Å². The molecule has 3 aromatic rings. The second kappa shape index (κ2) is 11.3. The highest BCUT2D eigenvalue weighted by Crippen LogP contribution is 2.33. The summed E-state index contributed by atoms with van der Waals surface area (Å²) < 4.78 is 11.3. The fourth-order valence-electron chi connectivity index (χ4n) is 4.81.